The summed E-state index contributed by atoms with van der Waals surface area (Å²) in [5, 5.41) is 3.06. The van der Waals surface area contributed by atoms with Gasteiger partial charge in [-0.25, -0.2) is 13.8 Å². The molecule has 25 heavy (non-hydrogen) atoms. The number of rotatable bonds is 1. The number of benzene rings is 2. The summed E-state index contributed by atoms with van der Waals surface area (Å²) in [7, 11) is 1.81. The predicted octanol–water partition coefficient (Wildman–Crippen LogP) is 3.66. The number of aliphatic imine (C=N–C) groups is 2. The third kappa shape index (κ3) is 2.58. The van der Waals surface area contributed by atoms with Crippen LogP contribution in [0, 0.1) is 11.6 Å². The van der Waals surface area contributed by atoms with Crippen molar-refractivity contribution in [2.24, 2.45) is 9.98 Å². The largest absolute Gasteiger partial charge is 0.493 e. The molecular formula is C19H17F2N3O. The number of fused-ring (bicyclic) bond motifs is 2. The molecule has 0 bridgehead atoms. The van der Waals surface area contributed by atoms with Crippen LogP contribution in [-0.2, 0) is 5.66 Å². The Hall–Kier alpha value is -2.76. The first-order chi connectivity index (χ1) is 12.0. The van der Waals surface area contributed by atoms with Crippen LogP contribution >= 0.6 is 0 Å². The zero-order chi connectivity index (χ0) is 17.6. The van der Waals surface area contributed by atoms with Crippen LogP contribution in [-0.4, -0.2) is 25.2 Å². The van der Waals surface area contributed by atoms with Crippen molar-refractivity contribution in [2.75, 3.05) is 13.7 Å². The van der Waals surface area contributed by atoms with Crippen LogP contribution < -0.4 is 10.1 Å². The quantitative estimate of drug-likeness (QED) is 0.860. The smallest absolute Gasteiger partial charge is 0.185 e. The van der Waals surface area contributed by atoms with Crippen molar-refractivity contribution in [1.82, 2.24) is 5.32 Å². The first kappa shape index (κ1) is 15.7. The van der Waals surface area contributed by atoms with Gasteiger partial charge in [-0.1, -0.05) is 6.07 Å². The van der Waals surface area contributed by atoms with Crippen molar-refractivity contribution in [3.63, 3.8) is 0 Å². The van der Waals surface area contributed by atoms with E-state index >= 15 is 0 Å². The van der Waals surface area contributed by atoms with Crippen molar-refractivity contribution in [3.8, 4) is 16.9 Å². The van der Waals surface area contributed by atoms with Crippen molar-refractivity contribution in [3.05, 3.63) is 53.6 Å². The Labute approximate surface area is 144 Å². The van der Waals surface area contributed by atoms with E-state index in [4.69, 9.17) is 14.7 Å². The van der Waals surface area contributed by atoms with E-state index in [1.54, 1.807) is 6.07 Å². The summed E-state index contributed by atoms with van der Waals surface area (Å²) >= 11 is 0. The topological polar surface area (TPSA) is 46.0 Å². The molecule has 0 fully saturated rings. The maximum absolute atomic E-state index is 13.6. The molecule has 2 aliphatic heterocycles. The number of halogens is 2. The number of nitrogens with zero attached hydrogens (tertiary/aromatic N) is 2. The van der Waals surface area contributed by atoms with Crippen molar-refractivity contribution >= 4 is 11.5 Å². The van der Waals surface area contributed by atoms with Crippen LogP contribution in [0.25, 0.3) is 11.1 Å². The van der Waals surface area contributed by atoms with Crippen LogP contribution in [0.1, 0.15) is 18.9 Å². The molecule has 0 aliphatic carbocycles. The fourth-order valence-corrected chi connectivity index (χ4v) is 3.40. The van der Waals surface area contributed by atoms with E-state index in [2.05, 4.69) is 5.32 Å². The van der Waals surface area contributed by atoms with Gasteiger partial charge in [0.2, 0.25) is 0 Å². The number of nitrogens with one attached hydrogen (secondary N) is 1. The fraction of sp³-hybridized carbons (Fsp3) is 0.263. The molecule has 1 N–H and O–H groups in total. The molecule has 1 atom stereocenters. The van der Waals surface area contributed by atoms with E-state index < -0.39 is 17.3 Å². The average Bonchev–Trinajstić information content (AvgIpc) is 2.90. The molecule has 0 aromatic heterocycles. The molecule has 0 saturated carbocycles. The van der Waals surface area contributed by atoms with Crippen molar-refractivity contribution in [2.45, 2.75) is 19.0 Å². The van der Waals surface area contributed by atoms with Gasteiger partial charge in [0.25, 0.3) is 0 Å². The van der Waals surface area contributed by atoms with Gasteiger partial charge >= 0.3 is 0 Å². The Balaban J connectivity index is 1.87. The second-order valence-corrected chi connectivity index (χ2v) is 6.19. The minimum absolute atomic E-state index is 0.470. The molecule has 2 heterocycles. The van der Waals surface area contributed by atoms with Gasteiger partial charge in [0.05, 0.1) is 12.3 Å². The Kier molecular flexibility index (Phi) is 3.56. The number of hydrogen-bond donors (Lipinski definition) is 1. The second kappa shape index (κ2) is 5.65. The molecule has 0 saturated heterocycles. The first-order valence-corrected chi connectivity index (χ1v) is 8.09. The van der Waals surface area contributed by atoms with E-state index in [0.717, 1.165) is 23.2 Å². The molecule has 2 aliphatic rings. The third-order valence-electron chi connectivity index (χ3n) is 4.54. The van der Waals surface area contributed by atoms with E-state index in [-0.39, 0.29) is 0 Å². The lowest BCUT2D eigenvalue weighted by Crippen LogP contribution is -2.29. The van der Waals surface area contributed by atoms with Crippen LogP contribution in [0.3, 0.4) is 0 Å². The van der Waals surface area contributed by atoms with Crippen LogP contribution in [0.4, 0.5) is 8.78 Å². The summed E-state index contributed by atoms with van der Waals surface area (Å²) < 4.78 is 32.9. The zero-order valence-corrected chi connectivity index (χ0v) is 13.9. The van der Waals surface area contributed by atoms with Gasteiger partial charge in [0.15, 0.2) is 5.66 Å². The van der Waals surface area contributed by atoms with E-state index in [9.17, 15) is 8.78 Å². The highest BCUT2D eigenvalue weighted by Gasteiger charge is 2.41. The highest BCUT2D eigenvalue weighted by atomic mass is 19.1. The Bertz CT molecular complexity index is 903. The molecule has 2 aromatic rings. The van der Waals surface area contributed by atoms with Crippen LogP contribution in [0.2, 0.25) is 0 Å². The maximum atomic E-state index is 13.6. The molecule has 0 amide bonds. The van der Waals surface area contributed by atoms with Gasteiger partial charge < -0.3 is 10.1 Å². The molecule has 4 nitrogen and oxygen atoms in total. The molecule has 0 radical (unpaired) electrons. The first-order valence-electron chi connectivity index (χ1n) is 8.09. The van der Waals surface area contributed by atoms with Gasteiger partial charge in [-0.05, 0) is 42.3 Å². The van der Waals surface area contributed by atoms with E-state index in [1.165, 1.54) is 12.1 Å². The molecule has 1 unspecified atom stereocenters. The summed E-state index contributed by atoms with van der Waals surface area (Å²) in [5.41, 5.74) is 2.07. The molecule has 4 rings (SSSR count). The molecule has 128 valence electrons. The zero-order valence-electron chi connectivity index (χ0n) is 13.9. The van der Waals surface area contributed by atoms with E-state index in [0.29, 0.717) is 29.9 Å². The van der Waals surface area contributed by atoms with Gasteiger partial charge in [-0.15, -0.1) is 0 Å². The van der Waals surface area contributed by atoms with Crippen LogP contribution in [0.5, 0.6) is 5.75 Å². The minimum Gasteiger partial charge on any atom is -0.493 e. The van der Waals surface area contributed by atoms with Gasteiger partial charge in [-0.3, -0.25) is 4.99 Å². The lowest BCUT2D eigenvalue weighted by Gasteiger charge is -2.31. The lowest BCUT2D eigenvalue weighted by molar-refractivity contribution is 0.225. The molecule has 6 heteroatoms. The lowest BCUT2D eigenvalue weighted by atomic mass is 9.91. The number of hydrogen-bond acceptors (Lipinski definition) is 4. The predicted molar refractivity (Wildman–Crippen MR) is 93.2 cm³/mol. The maximum Gasteiger partial charge on any atom is 0.185 e. The molecule has 2 aromatic carbocycles. The normalized spacial score (nSPS) is 21.4. The fourth-order valence-electron chi connectivity index (χ4n) is 3.40. The van der Waals surface area contributed by atoms with Gasteiger partial charge in [-0.2, -0.15) is 0 Å². The summed E-state index contributed by atoms with van der Waals surface area (Å²) in [4.78, 5) is 9.53. The Morgan fingerprint density at radius 1 is 1.04 bits per heavy atom. The van der Waals surface area contributed by atoms with E-state index in [1.807, 2.05) is 26.1 Å². The molecular weight excluding hydrogens is 324 g/mol. The van der Waals surface area contributed by atoms with Crippen LogP contribution in [0.15, 0.2) is 46.4 Å². The third-order valence-corrected chi connectivity index (χ3v) is 4.54. The monoisotopic (exact) mass is 341 g/mol. The van der Waals surface area contributed by atoms with Gasteiger partial charge in [0, 0.05) is 25.1 Å². The Morgan fingerprint density at radius 2 is 1.80 bits per heavy atom. The summed E-state index contributed by atoms with van der Waals surface area (Å²) in [6.07, 6.45) is 0.615. The Morgan fingerprint density at radius 3 is 2.48 bits per heavy atom. The van der Waals surface area contributed by atoms with Crippen molar-refractivity contribution < 1.29 is 13.5 Å². The highest BCUT2D eigenvalue weighted by Crippen LogP contribution is 2.45. The second-order valence-electron chi connectivity index (χ2n) is 6.19. The number of amidine groups is 1. The average molecular weight is 341 g/mol. The SMILES string of the molecule is CNC1=NC2(CCOc3ccc(-c4cc(F)cc(F)c4)cc32)N=C1C. The molecule has 1 spiro atoms. The van der Waals surface area contributed by atoms with Crippen molar-refractivity contribution in [1.29, 1.82) is 0 Å². The highest BCUT2D eigenvalue weighted by molar-refractivity contribution is 6.41. The standard InChI is InChI=1S/C19H17F2N3O/c1-11-18(22-2)24-19(23-11)5-6-25-17-4-3-12(9-16(17)19)13-7-14(20)10-15(21)8-13/h3-4,7-10H,5-6H2,1-2H3,(H,22,24). The minimum atomic E-state index is -0.738. The summed E-state index contributed by atoms with van der Waals surface area (Å²) in [6.45, 7) is 2.42. The summed E-state index contributed by atoms with van der Waals surface area (Å²) in [6, 6.07) is 8.95. The summed E-state index contributed by atoms with van der Waals surface area (Å²) in [5.74, 6) is 0.229. The number of ether oxygens (including phenoxy) is 1. The van der Waals surface area contributed by atoms with Gasteiger partial charge in [0.1, 0.15) is 23.2 Å².